The van der Waals surface area contributed by atoms with Crippen molar-refractivity contribution >= 4 is 41.3 Å². The molecule has 0 aromatic heterocycles. The van der Waals surface area contributed by atoms with Crippen LogP contribution >= 0.6 is 23.4 Å². The van der Waals surface area contributed by atoms with Crippen LogP contribution in [0.4, 0.5) is 0 Å². The Balaban J connectivity index is 2.23. The van der Waals surface area contributed by atoms with Crippen molar-refractivity contribution in [3.63, 3.8) is 0 Å². The minimum atomic E-state index is -1.27. The van der Waals surface area contributed by atoms with E-state index < -0.39 is 30.9 Å². The number of hydrogen-bond acceptors (Lipinski definition) is 6. The SMILES string of the molecule is C=C(CC(=O)OCC(=O)O)C(=O)OCCSc1cccc(Cl)c1. The van der Waals surface area contributed by atoms with E-state index in [1.54, 1.807) is 12.1 Å². The largest absolute Gasteiger partial charge is 0.479 e. The Morgan fingerprint density at radius 2 is 2.00 bits per heavy atom. The lowest BCUT2D eigenvalue weighted by atomic mass is 10.2. The zero-order valence-electron chi connectivity index (χ0n) is 12.1. The molecule has 0 bridgehead atoms. The molecule has 0 saturated carbocycles. The van der Waals surface area contributed by atoms with Gasteiger partial charge in [0.1, 0.15) is 6.61 Å². The van der Waals surface area contributed by atoms with Crippen LogP contribution in [0.1, 0.15) is 6.42 Å². The van der Waals surface area contributed by atoms with Gasteiger partial charge in [-0.3, -0.25) is 4.79 Å². The zero-order chi connectivity index (χ0) is 17.2. The zero-order valence-corrected chi connectivity index (χ0v) is 13.7. The molecule has 1 rings (SSSR count). The smallest absolute Gasteiger partial charge is 0.341 e. The second-order valence-electron chi connectivity index (χ2n) is 4.28. The van der Waals surface area contributed by atoms with Crippen molar-refractivity contribution < 1.29 is 29.0 Å². The van der Waals surface area contributed by atoms with Gasteiger partial charge < -0.3 is 14.6 Å². The number of carbonyl (C=O) groups is 3. The van der Waals surface area contributed by atoms with Crippen LogP contribution in [-0.4, -0.2) is 42.0 Å². The molecule has 0 amide bonds. The fourth-order valence-electron chi connectivity index (χ4n) is 1.39. The summed E-state index contributed by atoms with van der Waals surface area (Å²) in [6.07, 6.45) is -0.409. The predicted octanol–water partition coefficient (Wildman–Crippen LogP) is 2.55. The van der Waals surface area contributed by atoms with Crippen molar-refractivity contribution in [3.05, 3.63) is 41.4 Å². The second-order valence-corrected chi connectivity index (χ2v) is 5.88. The molecule has 0 fully saturated rings. The van der Waals surface area contributed by atoms with Crippen LogP contribution in [-0.2, 0) is 23.9 Å². The van der Waals surface area contributed by atoms with E-state index in [4.69, 9.17) is 21.4 Å². The molecule has 0 atom stereocenters. The summed E-state index contributed by atoms with van der Waals surface area (Å²) in [5, 5.41) is 8.98. The first-order valence-electron chi connectivity index (χ1n) is 6.49. The van der Waals surface area contributed by atoms with Crippen LogP contribution < -0.4 is 0 Å². The van der Waals surface area contributed by atoms with Crippen molar-refractivity contribution in [2.75, 3.05) is 19.0 Å². The third kappa shape index (κ3) is 8.27. The molecule has 1 aromatic carbocycles. The van der Waals surface area contributed by atoms with E-state index in [1.165, 1.54) is 11.8 Å². The van der Waals surface area contributed by atoms with Gasteiger partial charge in [-0.05, 0) is 18.2 Å². The number of thioether (sulfide) groups is 1. The van der Waals surface area contributed by atoms with Crippen LogP contribution in [0.3, 0.4) is 0 Å². The fraction of sp³-hybridized carbons (Fsp3) is 0.267. The Labute approximate surface area is 142 Å². The first-order valence-corrected chi connectivity index (χ1v) is 7.85. The average molecular weight is 359 g/mol. The van der Waals surface area contributed by atoms with Crippen LogP contribution in [0.5, 0.6) is 0 Å². The highest BCUT2D eigenvalue weighted by Crippen LogP contribution is 2.21. The molecule has 8 heteroatoms. The van der Waals surface area contributed by atoms with Crippen LogP contribution in [0.15, 0.2) is 41.3 Å². The van der Waals surface area contributed by atoms with E-state index in [9.17, 15) is 14.4 Å². The van der Waals surface area contributed by atoms with E-state index in [0.717, 1.165) is 4.90 Å². The first kappa shape index (κ1) is 19.1. The summed E-state index contributed by atoms with van der Waals surface area (Å²) in [4.78, 5) is 34.0. The number of rotatable bonds is 9. The number of hydrogen-bond donors (Lipinski definition) is 1. The number of carbonyl (C=O) groups excluding carboxylic acids is 2. The lowest BCUT2D eigenvalue weighted by molar-refractivity contribution is -0.155. The van der Waals surface area contributed by atoms with Crippen LogP contribution in [0, 0.1) is 0 Å². The molecular formula is C15H15ClO6S. The summed E-state index contributed by atoms with van der Waals surface area (Å²) in [6, 6.07) is 7.27. The van der Waals surface area contributed by atoms with E-state index in [1.807, 2.05) is 12.1 Å². The quantitative estimate of drug-likeness (QED) is 0.314. The summed E-state index contributed by atoms with van der Waals surface area (Å²) in [5.74, 6) is -2.32. The maximum Gasteiger partial charge on any atom is 0.341 e. The average Bonchev–Trinajstić information content (AvgIpc) is 2.49. The van der Waals surface area contributed by atoms with E-state index in [0.29, 0.717) is 10.8 Å². The van der Waals surface area contributed by atoms with Gasteiger partial charge in [0.05, 0.1) is 6.42 Å². The summed E-state index contributed by atoms with van der Waals surface area (Å²) in [5.41, 5.74) is -0.0897. The molecule has 0 aliphatic heterocycles. The number of benzene rings is 1. The summed E-state index contributed by atoms with van der Waals surface area (Å²) < 4.78 is 9.36. The highest BCUT2D eigenvalue weighted by Gasteiger charge is 2.15. The normalized spacial score (nSPS) is 9.96. The molecule has 124 valence electrons. The summed E-state index contributed by atoms with van der Waals surface area (Å²) in [7, 11) is 0. The van der Waals surface area contributed by atoms with Gasteiger partial charge in [-0.25, -0.2) is 9.59 Å². The highest BCUT2D eigenvalue weighted by molar-refractivity contribution is 7.99. The van der Waals surface area contributed by atoms with Crippen molar-refractivity contribution in [2.24, 2.45) is 0 Å². The Morgan fingerprint density at radius 3 is 2.65 bits per heavy atom. The molecular weight excluding hydrogens is 344 g/mol. The topological polar surface area (TPSA) is 89.9 Å². The molecule has 1 aromatic rings. The molecule has 0 saturated heterocycles. The first-order chi connectivity index (χ1) is 10.9. The van der Waals surface area contributed by atoms with E-state index in [-0.39, 0.29) is 12.2 Å². The second kappa shape index (κ2) is 9.91. The van der Waals surface area contributed by atoms with Gasteiger partial charge >= 0.3 is 17.9 Å². The minimum Gasteiger partial charge on any atom is -0.479 e. The monoisotopic (exact) mass is 358 g/mol. The highest BCUT2D eigenvalue weighted by atomic mass is 35.5. The van der Waals surface area contributed by atoms with E-state index >= 15 is 0 Å². The van der Waals surface area contributed by atoms with Gasteiger partial charge in [0.25, 0.3) is 0 Å². The van der Waals surface area contributed by atoms with Gasteiger partial charge in [-0.15, -0.1) is 11.8 Å². The van der Waals surface area contributed by atoms with Gasteiger partial charge in [-0.2, -0.15) is 0 Å². The van der Waals surface area contributed by atoms with Crippen molar-refractivity contribution in [3.8, 4) is 0 Å². The number of halogens is 1. The third-order valence-corrected chi connectivity index (χ3v) is 3.58. The minimum absolute atomic E-state index is 0.0897. The molecule has 23 heavy (non-hydrogen) atoms. The lowest BCUT2D eigenvalue weighted by Gasteiger charge is -2.07. The number of esters is 2. The summed E-state index contributed by atoms with van der Waals surface area (Å²) in [6.45, 7) is 2.81. The Hall–Kier alpha value is -1.99. The molecule has 0 radical (unpaired) electrons. The molecule has 0 spiro atoms. The maximum absolute atomic E-state index is 11.6. The van der Waals surface area contributed by atoms with Crippen molar-refractivity contribution in [2.45, 2.75) is 11.3 Å². The van der Waals surface area contributed by atoms with Gasteiger partial charge in [0, 0.05) is 21.2 Å². The molecule has 0 aliphatic carbocycles. The van der Waals surface area contributed by atoms with Gasteiger partial charge in [-0.1, -0.05) is 24.2 Å². The Morgan fingerprint density at radius 1 is 1.26 bits per heavy atom. The van der Waals surface area contributed by atoms with Gasteiger partial charge in [0.2, 0.25) is 0 Å². The molecule has 0 heterocycles. The summed E-state index contributed by atoms with van der Waals surface area (Å²) >= 11 is 7.32. The Kier molecular flexibility index (Phi) is 8.21. The number of carboxylic acids is 1. The lowest BCUT2D eigenvalue weighted by Crippen LogP contribution is -2.17. The predicted molar refractivity (Wildman–Crippen MR) is 85.5 cm³/mol. The van der Waals surface area contributed by atoms with Crippen LogP contribution in [0.2, 0.25) is 5.02 Å². The third-order valence-electron chi connectivity index (χ3n) is 2.38. The van der Waals surface area contributed by atoms with Crippen molar-refractivity contribution in [1.29, 1.82) is 0 Å². The fourth-order valence-corrected chi connectivity index (χ4v) is 2.43. The van der Waals surface area contributed by atoms with Crippen molar-refractivity contribution in [1.82, 2.24) is 0 Å². The van der Waals surface area contributed by atoms with E-state index in [2.05, 4.69) is 11.3 Å². The molecule has 0 aliphatic rings. The van der Waals surface area contributed by atoms with Crippen LogP contribution in [0.25, 0.3) is 0 Å². The standard InChI is InChI=1S/C15H15ClO6S/c1-10(7-14(19)22-9-13(17)18)15(20)21-5-6-23-12-4-2-3-11(16)8-12/h2-4,8H,1,5-7,9H2,(H,17,18). The maximum atomic E-state index is 11.6. The molecule has 0 unspecified atom stereocenters. The Bertz CT molecular complexity index is 601. The molecule has 1 N–H and O–H groups in total. The number of ether oxygens (including phenoxy) is 2. The number of carboxylic acid groups (broad SMARTS) is 1. The molecule has 6 nitrogen and oxygen atoms in total. The number of aliphatic carboxylic acids is 1. The van der Waals surface area contributed by atoms with Gasteiger partial charge in [0.15, 0.2) is 6.61 Å².